The summed E-state index contributed by atoms with van der Waals surface area (Å²) in [5.41, 5.74) is 13.7. The lowest BCUT2D eigenvalue weighted by atomic mass is 9.47. The molecular formula is C64H102N10O14. The van der Waals surface area contributed by atoms with E-state index in [0.717, 1.165) is 54.8 Å². The third-order valence-electron chi connectivity index (χ3n) is 19.0. The number of hydrogen-bond acceptors (Lipinski definition) is 14. The fourth-order valence-electron chi connectivity index (χ4n) is 14.5. The number of guanidine groups is 1. The number of carboxylic acid groups (broad SMARTS) is 1. The molecule has 12 N–H and O–H groups in total. The summed E-state index contributed by atoms with van der Waals surface area (Å²) in [7, 11) is 0. The first kappa shape index (κ1) is 70.6. The van der Waals surface area contributed by atoms with Crippen LogP contribution in [0.1, 0.15) is 149 Å². The highest BCUT2D eigenvalue weighted by Gasteiger charge is 2.59. The zero-order valence-electron chi connectivity index (χ0n) is 52.7. The van der Waals surface area contributed by atoms with Crippen LogP contribution in [0.4, 0.5) is 9.59 Å². The van der Waals surface area contributed by atoms with Crippen molar-refractivity contribution in [3.63, 3.8) is 0 Å². The van der Waals surface area contributed by atoms with Crippen LogP contribution < -0.4 is 48.7 Å². The number of fused-ring (bicyclic) bond motifs is 5. The predicted octanol–water partition coefficient (Wildman–Crippen LogP) is 4.91. The number of hydrogen-bond donors (Lipinski definition) is 10. The molecule has 6 rings (SSSR count). The van der Waals surface area contributed by atoms with Crippen LogP contribution in [0.25, 0.3) is 0 Å². The van der Waals surface area contributed by atoms with Gasteiger partial charge < -0.3 is 77.5 Å². The lowest BCUT2D eigenvalue weighted by molar-refractivity contribution is -0.141. The van der Waals surface area contributed by atoms with Gasteiger partial charge in [-0.1, -0.05) is 95.9 Å². The number of carbonyl (C=O) groups excluding carboxylic acids is 7. The van der Waals surface area contributed by atoms with Crippen molar-refractivity contribution in [3.8, 4) is 0 Å². The number of alkyl carbamates (subject to hydrolysis) is 2. The molecule has 0 bridgehead atoms. The van der Waals surface area contributed by atoms with Crippen molar-refractivity contribution in [3.05, 3.63) is 47.5 Å². The molecule has 5 aliphatic rings. The van der Waals surface area contributed by atoms with Crippen molar-refractivity contribution in [1.82, 2.24) is 37.2 Å². The number of allylic oxidation sites excluding steroid dienone is 1. The van der Waals surface area contributed by atoms with Gasteiger partial charge in [0, 0.05) is 32.5 Å². The van der Waals surface area contributed by atoms with E-state index in [9.17, 15) is 43.5 Å². The lowest BCUT2D eigenvalue weighted by Crippen LogP contribution is -2.58. The van der Waals surface area contributed by atoms with E-state index in [2.05, 4.69) is 82.9 Å². The molecule has 4 aliphatic carbocycles. The van der Waals surface area contributed by atoms with E-state index in [4.69, 9.17) is 35.2 Å². The Morgan fingerprint density at radius 1 is 0.693 bits per heavy atom. The van der Waals surface area contributed by atoms with E-state index >= 15 is 0 Å². The largest absolute Gasteiger partial charge is 0.481 e. The summed E-state index contributed by atoms with van der Waals surface area (Å²) in [5, 5.41) is 27.7. The van der Waals surface area contributed by atoms with Gasteiger partial charge in [-0.15, -0.1) is 0 Å². The van der Waals surface area contributed by atoms with Crippen molar-refractivity contribution >= 4 is 53.7 Å². The van der Waals surface area contributed by atoms with Gasteiger partial charge in [0.05, 0.1) is 52.6 Å². The maximum Gasteiger partial charge on any atom is 0.407 e. The molecule has 12 atom stereocenters. The molecule has 88 heavy (non-hydrogen) atoms. The molecule has 4 fully saturated rings. The predicted molar refractivity (Wildman–Crippen MR) is 330 cm³/mol. The molecule has 0 aromatic heterocycles. The summed E-state index contributed by atoms with van der Waals surface area (Å²) in [4.78, 5) is 109. The zero-order chi connectivity index (χ0) is 63.6. The molecule has 0 spiro atoms. The van der Waals surface area contributed by atoms with Crippen LogP contribution in [0, 0.1) is 46.3 Å². The monoisotopic (exact) mass is 1230 g/mol. The van der Waals surface area contributed by atoms with Crippen LogP contribution in [-0.2, 0) is 58.9 Å². The van der Waals surface area contributed by atoms with Gasteiger partial charge in [0.25, 0.3) is 0 Å². The Bertz CT molecular complexity index is 2520. The van der Waals surface area contributed by atoms with Crippen LogP contribution in [0.5, 0.6) is 0 Å². The van der Waals surface area contributed by atoms with Gasteiger partial charge in [-0.05, 0) is 129 Å². The van der Waals surface area contributed by atoms with Gasteiger partial charge in [-0.3, -0.25) is 33.8 Å². The smallest absolute Gasteiger partial charge is 0.407 e. The molecule has 1 heterocycles. The number of rotatable bonds is 31. The Morgan fingerprint density at radius 2 is 1.34 bits per heavy atom. The first-order valence-electron chi connectivity index (χ1n) is 32.2. The number of nitrogens with zero attached hydrogens (tertiary/aromatic N) is 1. The number of amides is 7. The van der Waals surface area contributed by atoms with Crippen LogP contribution in [-0.4, -0.2) is 161 Å². The highest BCUT2D eigenvalue weighted by atomic mass is 16.6. The third kappa shape index (κ3) is 21.9. The van der Waals surface area contributed by atoms with Gasteiger partial charge >= 0.3 is 18.2 Å². The summed E-state index contributed by atoms with van der Waals surface area (Å²) in [5.74, 6) is -1.02. The molecule has 492 valence electrons. The lowest BCUT2D eigenvalue weighted by Gasteiger charge is -2.58. The van der Waals surface area contributed by atoms with Crippen molar-refractivity contribution in [1.29, 1.82) is 0 Å². The normalized spacial score (nSPS) is 27.8. The second kappa shape index (κ2) is 35.6. The Hall–Kier alpha value is -6.53. The maximum atomic E-state index is 14.0. The van der Waals surface area contributed by atoms with Crippen molar-refractivity contribution in [2.75, 3.05) is 72.4 Å². The van der Waals surface area contributed by atoms with E-state index in [1.165, 1.54) is 56.9 Å². The summed E-state index contributed by atoms with van der Waals surface area (Å²) in [6.07, 6.45) is 14.8. The minimum atomic E-state index is -1.62. The van der Waals surface area contributed by atoms with Gasteiger partial charge in [-0.25, -0.2) is 9.59 Å². The highest BCUT2D eigenvalue weighted by Crippen LogP contribution is 2.67. The van der Waals surface area contributed by atoms with Gasteiger partial charge in [0.1, 0.15) is 36.9 Å². The topological polar surface area (TPSA) is 352 Å². The average Bonchev–Trinajstić information content (AvgIpc) is 1.57. The van der Waals surface area contributed by atoms with Gasteiger partial charge in [0.2, 0.25) is 29.5 Å². The van der Waals surface area contributed by atoms with Crippen LogP contribution in [0.3, 0.4) is 0 Å². The first-order chi connectivity index (χ1) is 42.2. The third-order valence-corrected chi connectivity index (χ3v) is 19.0. The highest BCUT2D eigenvalue weighted by molar-refractivity contribution is 5.98. The summed E-state index contributed by atoms with van der Waals surface area (Å²) in [6.45, 7) is 13.9. The van der Waals surface area contributed by atoms with E-state index in [1.54, 1.807) is 30.3 Å². The quantitative estimate of drug-likeness (QED) is 0.0204. The Morgan fingerprint density at radius 3 is 2.05 bits per heavy atom. The molecule has 3 saturated carbocycles. The molecule has 1 aromatic rings. The van der Waals surface area contributed by atoms with Crippen LogP contribution >= 0.6 is 0 Å². The standard InChI is InChI=1S/C64H102N10O14/c1-41(2)13-11-14-42(3)47-21-22-48-46-20-19-44-38-45(23-25-63(44,4)49(46)24-26-64(47,48)5)88-62(83)69-29-30-84-31-32-85-33-34-86-35-36-87-61(82)68-27-10-9-17-51-57(79)72-50(18-12-28-67-60(65)66)56(78)70-40-54(75)71-53(39-55(76)77)59(81)74-52(58(80)73-51)37-43-15-7-6-8-16-43/h6-8,15-16,19,41-42,45-53H,9-14,17-18,20-40H2,1-5H3,(H,68,82)(H,69,83)(H,70,78)(H,71,75)(H,72,79)(H,73,80)(H,74,81)(H,76,77)(H4,65,66,67)/t42?,45?,46?,47?,48?,49?,50-,51-,52+,53-,63?,64?/m0/s1. The van der Waals surface area contributed by atoms with E-state index < -0.39 is 84.8 Å². The molecule has 1 aliphatic heterocycles. The number of nitrogens with two attached hydrogens (primary N) is 2. The first-order valence-corrected chi connectivity index (χ1v) is 32.2. The number of carbonyl (C=O) groups is 8. The van der Waals surface area contributed by atoms with Gasteiger partial charge in [-0.2, -0.15) is 0 Å². The molecule has 24 nitrogen and oxygen atoms in total. The average molecular weight is 1240 g/mol. The number of nitrogens with one attached hydrogen (secondary N) is 7. The molecule has 24 heteroatoms. The van der Waals surface area contributed by atoms with Crippen LogP contribution in [0.2, 0.25) is 0 Å². The Labute approximate surface area is 519 Å². The summed E-state index contributed by atoms with van der Waals surface area (Å²) < 4.78 is 27.9. The Balaban J connectivity index is 0.833. The SMILES string of the molecule is CC(C)CCCC(C)C1CCC2C3CC=C4CC(OC(=O)NCCOCCOCCOCCOC(=O)NCCCC[C@@H]5NC(=O)[C@@H](Cc6ccccc6)NC(=O)[C@H](CC(=O)O)NC(=O)CNC(=O)[C@H](CCCN=C(N)N)NC5=O)CCC4(C)C3CCC12C. The molecule has 1 saturated heterocycles. The number of aliphatic imine (C=N–C) groups is 1. The molecule has 7 amide bonds. The molecular weight excluding hydrogens is 1130 g/mol. The number of benzene rings is 1. The minimum absolute atomic E-state index is 0.0228. The van der Waals surface area contributed by atoms with E-state index in [0.29, 0.717) is 43.8 Å². The number of ether oxygens (including phenoxy) is 5. The molecule has 1 aromatic carbocycles. The number of aliphatic carboxylic acids is 1. The molecule has 0 radical (unpaired) electrons. The van der Waals surface area contributed by atoms with E-state index in [1.807, 2.05) is 0 Å². The number of unbranched alkanes of at least 4 members (excludes halogenated alkanes) is 1. The fourth-order valence-corrected chi connectivity index (χ4v) is 14.5. The van der Waals surface area contributed by atoms with Crippen molar-refractivity contribution in [2.24, 2.45) is 62.8 Å². The second-order valence-corrected chi connectivity index (χ2v) is 25.6. The number of carboxylic acids is 1. The van der Waals surface area contributed by atoms with Crippen LogP contribution in [0.15, 0.2) is 47.0 Å². The fraction of sp³-hybridized carbons (Fsp3) is 0.734. The van der Waals surface area contributed by atoms with Crippen molar-refractivity contribution < 1.29 is 67.1 Å². The minimum Gasteiger partial charge on any atom is -0.481 e. The second-order valence-electron chi connectivity index (χ2n) is 25.6. The Kier molecular flexibility index (Phi) is 28.5. The zero-order valence-corrected chi connectivity index (χ0v) is 52.7. The van der Waals surface area contributed by atoms with Gasteiger partial charge in [0.15, 0.2) is 5.96 Å². The molecule has 8 unspecified atom stereocenters. The van der Waals surface area contributed by atoms with Crippen molar-refractivity contribution in [2.45, 2.75) is 180 Å². The summed E-state index contributed by atoms with van der Waals surface area (Å²) in [6, 6.07) is 3.23. The maximum absolute atomic E-state index is 14.0. The summed E-state index contributed by atoms with van der Waals surface area (Å²) >= 11 is 0. The van der Waals surface area contributed by atoms with E-state index in [-0.39, 0.29) is 89.1 Å².